The Morgan fingerprint density at radius 2 is 2.00 bits per heavy atom. The number of hydrogen-bond donors (Lipinski definition) is 1. The lowest BCUT2D eigenvalue weighted by Crippen LogP contribution is -2.22. The summed E-state index contributed by atoms with van der Waals surface area (Å²) in [5.41, 5.74) is 0.970. The van der Waals surface area contributed by atoms with E-state index in [4.69, 9.17) is 28.3 Å². The minimum Gasteiger partial charge on any atom is -0.385 e. The predicted molar refractivity (Wildman–Crippen MR) is 48.8 cm³/mol. The Kier molecular flexibility index (Phi) is 4.26. The van der Waals surface area contributed by atoms with Gasteiger partial charge in [-0.05, 0) is 29.8 Å². The fourth-order valence-electron chi connectivity index (χ4n) is 0.410. The van der Waals surface area contributed by atoms with Crippen molar-refractivity contribution in [2.24, 2.45) is 0 Å². The van der Waals surface area contributed by atoms with Crippen molar-refractivity contribution in [3.05, 3.63) is 11.6 Å². The largest absolute Gasteiger partial charge is 0.385 e. The third-order valence-corrected chi connectivity index (χ3v) is 1.74. The maximum atomic E-state index is 9.17. The normalized spacial score (nSPS) is 14.6. The van der Waals surface area contributed by atoms with Crippen LogP contribution in [-0.2, 0) is 0 Å². The Hall–Kier alpha value is 0.760. The van der Waals surface area contributed by atoms with Crippen LogP contribution in [0.15, 0.2) is 11.6 Å². The van der Waals surface area contributed by atoms with E-state index in [2.05, 4.69) is 15.9 Å². The van der Waals surface area contributed by atoms with Gasteiger partial charge in [-0.25, -0.2) is 0 Å². The standard InChI is InChI=1S/C6H9BrCl2O/c1-4(2)3-5(10)6(7,8)9/h3,5,10H,1-2H3. The summed E-state index contributed by atoms with van der Waals surface area (Å²) in [7, 11) is 0. The van der Waals surface area contributed by atoms with E-state index >= 15 is 0 Å². The van der Waals surface area contributed by atoms with Gasteiger partial charge in [0.15, 0.2) is 0 Å². The van der Waals surface area contributed by atoms with Crippen molar-refractivity contribution in [3.8, 4) is 0 Å². The molecule has 0 aromatic rings. The summed E-state index contributed by atoms with van der Waals surface area (Å²) < 4.78 is -1.27. The van der Waals surface area contributed by atoms with E-state index in [0.29, 0.717) is 0 Å². The van der Waals surface area contributed by atoms with E-state index < -0.39 is 9.35 Å². The number of allylic oxidation sites excluding steroid dienone is 1. The minimum absolute atomic E-state index is 0.874. The number of halogens is 3. The number of rotatable bonds is 2. The van der Waals surface area contributed by atoms with Crippen LogP contribution in [0.3, 0.4) is 0 Å². The first-order chi connectivity index (χ1) is 4.34. The van der Waals surface area contributed by atoms with Crippen molar-refractivity contribution in [1.29, 1.82) is 0 Å². The monoisotopic (exact) mass is 246 g/mol. The van der Waals surface area contributed by atoms with Crippen LogP contribution in [0.5, 0.6) is 0 Å². The van der Waals surface area contributed by atoms with Gasteiger partial charge in [0.2, 0.25) is 3.24 Å². The van der Waals surface area contributed by atoms with E-state index in [1.54, 1.807) is 6.08 Å². The fraction of sp³-hybridized carbons (Fsp3) is 0.667. The molecular formula is C6H9BrCl2O. The van der Waals surface area contributed by atoms with Gasteiger partial charge in [-0.15, -0.1) is 0 Å². The molecule has 0 rings (SSSR count). The average molecular weight is 248 g/mol. The smallest absolute Gasteiger partial charge is 0.201 e. The molecule has 1 N–H and O–H groups in total. The number of alkyl halides is 3. The summed E-state index contributed by atoms with van der Waals surface area (Å²) in [6.07, 6.45) is 0.704. The van der Waals surface area contributed by atoms with Crippen LogP contribution in [0.25, 0.3) is 0 Å². The molecule has 0 fully saturated rings. The highest BCUT2D eigenvalue weighted by Crippen LogP contribution is 2.33. The van der Waals surface area contributed by atoms with Gasteiger partial charge in [0, 0.05) is 0 Å². The number of aliphatic hydroxyl groups excluding tert-OH is 1. The molecular weight excluding hydrogens is 239 g/mol. The molecule has 0 aliphatic rings. The topological polar surface area (TPSA) is 20.2 Å². The molecule has 0 saturated heterocycles. The minimum atomic E-state index is -1.27. The lowest BCUT2D eigenvalue weighted by atomic mass is 10.2. The molecule has 0 radical (unpaired) electrons. The third kappa shape index (κ3) is 4.56. The van der Waals surface area contributed by atoms with E-state index in [9.17, 15) is 0 Å². The van der Waals surface area contributed by atoms with Gasteiger partial charge in [-0.3, -0.25) is 0 Å². The van der Waals surface area contributed by atoms with Crippen LogP contribution in [0.4, 0.5) is 0 Å². The van der Waals surface area contributed by atoms with E-state index in [0.717, 1.165) is 5.57 Å². The fourth-order valence-corrected chi connectivity index (χ4v) is 0.668. The molecule has 10 heavy (non-hydrogen) atoms. The molecule has 60 valence electrons. The summed E-state index contributed by atoms with van der Waals surface area (Å²) in [4.78, 5) is 0. The quantitative estimate of drug-likeness (QED) is 0.588. The van der Waals surface area contributed by atoms with Crippen LogP contribution in [0.2, 0.25) is 0 Å². The summed E-state index contributed by atoms with van der Waals surface area (Å²) in [6.45, 7) is 3.71. The molecule has 0 saturated carbocycles. The van der Waals surface area contributed by atoms with Gasteiger partial charge in [0.25, 0.3) is 0 Å². The second kappa shape index (κ2) is 3.96. The molecule has 0 aromatic heterocycles. The highest BCUT2D eigenvalue weighted by atomic mass is 79.9. The second-order valence-corrected chi connectivity index (χ2v) is 5.78. The molecule has 0 aliphatic heterocycles. The first kappa shape index (κ1) is 10.8. The Morgan fingerprint density at radius 3 is 2.10 bits per heavy atom. The molecule has 0 heterocycles. The molecule has 0 aliphatic carbocycles. The third-order valence-electron chi connectivity index (χ3n) is 0.827. The van der Waals surface area contributed by atoms with Crippen LogP contribution in [0.1, 0.15) is 13.8 Å². The van der Waals surface area contributed by atoms with Crippen molar-refractivity contribution in [2.45, 2.75) is 23.2 Å². The lowest BCUT2D eigenvalue weighted by molar-refractivity contribution is 0.230. The average Bonchev–Trinajstić information content (AvgIpc) is 1.60. The summed E-state index contributed by atoms with van der Waals surface area (Å²) in [6, 6.07) is 0. The van der Waals surface area contributed by atoms with Crippen LogP contribution < -0.4 is 0 Å². The molecule has 4 heteroatoms. The molecule has 1 atom stereocenters. The number of hydrogen-bond acceptors (Lipinski definition) is 1. The van der Waals surface area contributed by atoms with Crippen molar-refractivity contribution in [1.82, 2.24) is 0 Å². The lowest BCUT2D eigenvalue weighted by Gasteiger charge is -2.15. The van der Waals surface area contributed by atoms with Gasteiger partial charge in [-0.1, -0.05) is 34.9 Å². The first-order valence-electron chi connectivity index (χ1n) is 2.74. The maximum Gasteiger partial charge on any atom is 0.201 e. The van der Waals surface area contributed by atoms with Gasteiger partial charge in [0.1, 0.15) is 6.10 Å². The van der Waals surface area contributed by atoms with Crippen molar-refractivity contribution in [3.63, 3.8) is 0 Å². The first-order valence-corrected chi connectivity index (χ1v) is 4.28. The van der Waals surface area contributed by atoms with Gasteiger partial charge in [-0.2, -0.15) is 0 Å². The summed E-state index contributed by atoms with van der Waals surface area (Å²) >= 11 is 13.9. The Bertz CT molecular complexity index is 135. The molecule has 0 amide bonds. The van der Waals surface area contributed by atoms with Crippen LogP contribution in [-0.4, -0.2) is 14.5 Å². The molecule has 0 aromatic carbocycles. The van der Waals surface area contributed by atoms with E-state index in [1.165, 1.54) is 0 Å². The molecule has 1 nitrogen and oxygen atoms in total. The Morgan fingerprint density at radius 1 is 1.60 bits per heavy atom. The van der Waals surface area contributed by atoms with Crippen molar-refractivity contribution < 1.29 is 5.11 Å². The Balaban J connectivity index is 4.11. The highest BCUT2D eigenvalue weighted by Gasteiger charge is 2.27. The zero-order valence-corrected chi connectivity index (χ0v) is 8.83. The van der Waals surface area contributed by atoms with E-state index in [1.807, 2.05) is 13.8 Å². The predicted octanol–water partition coefficient (Wildman–Crippen LogP) is 2.84. The van der Waals surface area contributed by atoms with Crippen LogP contribution in [0, 0.1) is 0 Å². The zero-order valence-electron chi connectivity index (χ0n) is 5.74. The van der Waals surface area contributed by atoms with Crippen LogP contribution >= 0.6 is 39.1 Å². The van der Waals surface area contributed by atoms with Gasteiger partial charge in [0.05, 0.1) is 0 Å². The second-order valence-electron chi connectivity index (χ2n) is 2.23. The molecule has 0 bridgehead atoms. The summed E-state index contributed by atoms with van der Waals surface area (Å²) in [5.74, 6) is 0. The maximum absolute atomic E-state index is 9.17. The summed E-state index contributed by atoms with van der Waals surface area (Å²) in [5, 5.41) is 9.17. The zero-order chi connectivity index (χ0) is 8.36. The molecule has 1 unspecified atom stereocenters. The van der Waals surface area contributed by atoms with Gasteiger partial charge < -0.3 is 5.11 Å². The highest BCUT2D eigenvalue weighted by molar-refractivity contribution is 9.11. The molecule has 0 spiro atoms. The van der Waals surface area contributed by atoms with E-state index in [-0.39, 0.29) is 0 Å². The van der Waals surface area contributed by atoms with Gasteiger partial charge >= 0.3 is 0 Å². The van der Waals surface area contributed by atoms with Crippen molar-refractivity contribution >= 4 is 39.1 Å². The number of aliphatic hydroxyl groups is 1. The SMILES string of the molecule is CC(C)=CC(O)C(Cl)(Cl)Br. The Labute approximate surface area is 79.1 Å². The van der Waals surface area contributed by atoms with Crippen molar-refractivity contribution in [2.75, 3.05) is 0 Å².